The van der Waals surface area contributed by atoms with E-state index in [0.717, 1.165) is 4.83 Å². The number of benzene rings is 4. The molecule has 0 aliphatic rings. The number of rotatable bonds is 1. The maximum atomic E-state index is 4.65. The number of fused-ring (bicyclic) bond motifs is 10. The Morgan fingerprint density at radius 1 is 0.545 bits per heavy atom. The van der Waals surface area contributed by atoms with Crippen molar-refractivity contribution < 1.29 is 0 Å². The van der Waals surface area contributed by atoms with Gasteiger partial charge in [-0.15, -0.1) is 22.7 Å². The van der Waals surface area contributed by atoms with Gasteiger partial charge in [-0.05, 0) is 42.5 Å². The van der Waals surface area contributed by atoms with Crippen LogP contribution in [0.1, 0.15) is 0 Å². The fourth-order valence-electron chi connectivity index (χ4n) is 5.33. The Morgan fingerprint density at radius 2 is 1.36 bits per heavy atom. The van der Waals surface area contributed by atoms with E-state index in [0.29, 0.717) is 0 Å². The molecule has 8 aromatic rings. The third-order valence-electron chi connectivity index (χ3n) is 6.67. The number of para-hydroxylation sites is 1. The molecule has 0 aliphatic carbocycles. The number of thiophene rings is 2. The molecule has 4 aromatic heterocycles. The molecule has 0 amide bonds. The SMILES string of the molecule is c1ccc2c(c1)sc1c(-n3c4ccccc4c4c5c(ccc43)sc3ncccc35)cccc12. The average Bonchev–Trinajstić information content (AvgIpc) is 3.53. The van der Waals surface area contributed by atoms with Crippen molar-refractivity contribution in [3.05, 3.63) is 97.2 Å². The summed E-state index contributed by atoms with van der Waals surface area (Å²) in [6.07, 6.45) is 1.89. The van der Waals surface area contributed by atoms with E-state index >= 15 is 0 Å². The minimum atomic E-state index is 1.10. The van der Waals surface area contributed by atoms with Crippen LogP contribution < -0.4 is 0 Å². The molecule has 0 saturated carbocycles. The lowest BCUT2D eigenvalue weighted by atomic mass is 10.1. The van der Waals surface area contributed by atoms with Crippen LogP contribution in [-0.2, 0) is 0 Å². The van der Waals surface area contributed by atoms with Crippen LogP contribution >= 0.6 is 22.7 Å². The Bertz CT molecular complexity index is 2040. The van der Waals surface area contributed by atoms with Crippen LogP contribution in [0.5, 0.6) is 0 Å². The smallest absolute Gasteiger partial charge is 0.124 e. The van der Waals surface area contributed by atoms with Crippen molar-refractivity contribution in [3.63, 3.8) is 0 Å². The summed E-state index contributed by atoms with van der Waals surface area (Å²) in [4.78, 5) is 5.75. The summed E-state index contributed by atoms with van der Waals surface area (Å²) >= 11 is 3.66. The lowest BCUT2D eigenvalue weighted by molar-refractivity contribution is 1.20. The Labute approximate surface area is 196 Å². The van der Waals surface area contributed by atoms with Gasteiger partial charge in [-0.2, -0.15) is 0 Å². The Hall–Kier alpha value is -3.73. The molecule has 154 valence electrons. The monoisotopic (exact) mass is 456 g/mol. The summed E-state index contributed by atoms with van der Waals surface area (Å²) in [5.74, 6) is 0. The van der Waals surface area contributed by atoms with Crippen LogP contribution in [0.4, 0.5) is 0 Å². The van der Waals surface area contributed by atoms with E-state index in [9.17, 15) is 0 Å². The van der Waals surface area contributed by atoms with Gasteiger partial charge < -0.3 is 4.57 Å². The fourth-order valence-corrected chi connectivity index (χ4v) is 7.59. The van der Waals surface area contributed by atoms with Crippen molar-refractivity contribution >= 4 is 85.0 Å². The van der Waals surface area contributed by atoms with E-state index in [1.807, 2.05) is 23.6 Å². The topological polar surface area (TPSA) is 17.8 Å². The lowest BCUT2D eigenvalue weighted by Gasteiger charge is -2.09. The second-order valence-corrected chi connectivity index (χ2v) is 10.5. The van der Waals surface area contributed by atoms with E-state index in [2.05, 4.69) is 94.5 Å². The molecule has 2 nitrogen and oxygen atoms in total. The second-order valence-electron chi connectivity index (χ2n) is 8.40. The molecule has 4 aromatic carbocycles. The van der Waals surface area contributed by atoms with Gasteiger partial charge in [0.1, 0.15) is 4.83 Å². The van der Waals surface area contributed by atoms with Gasteiger partial charge in [-0.3, -0.25) is 0 Å². The Morgan fingerprint density at radius 3 is 2.33 bits per heavy atom. The maximum absolute atomic E-state index is 4.65. The molecule has 0 radical (unpaired) electrons. The van der Waals surface area contributed by atoms with Gasteiger partial charge in [0.25, 0.3) is 0 Å². The van der Waals surface area contributed by atoms with Gasteiger partial charge in [0, 0.05) is 47.9 Å². The first-order valence-corrected chi connectivity index (χ1v) is 12.6. The van der Waals surface area contributed by atoms with E-state index in [-0.39, 0.29) is 0 Å². The van der Waals surface area contributed by atoms with Crippen molar-refractivity contribution in [3.8, 4) is 5.69 Å². The van der Waals surface area contributed by atoms with Gasteiger partial charge in [0.15, 0.2) is 0 Å². The highest BCUT2D eigenvalue weighted by atomic mass is 32.1. The van der Waals surface area contributed by atoms with Crippen molar-refractivity contribution in [2.24, 2.45) is 0 Å². The maximum Gasteiger partial charge on any atom is 0.124 e. The second kappa shape index (κ2) is 6.41. The van der Waals surface area contributed by atoms with Crippen LogP contribution in [0, 0.1) is 0 Å². The first-order chi connectivity index (χ1) is 16.4. The number of aromatic nitrogens is 2. The molecule has 0 spiro atoms. The van der Waals surface area contributed by atoms with E-state index in [1.54, 1.807) is 11.3 Å². The summed E-state index contributed by atoms with van der Waals surface area (Å²) in [6.45, 7) is 0. The summed E-state index contributed by atoms with van der Waals surface area (Å²) in [5.41, 5.74) is 3.74. The molecule has 0 atom stereocenters. The minimum absolute atomic E-state index is 1.10. The molecule has 8 rings (SSSR count). The quantitative estimate of drug-likeness (QED) is 0.241. The fraction of sp³-hybridized carbons (Fsp3) is 0. The molecule has 0 unspecified atom stereocenters. The highest BCUT2D eigenvalue weighted by Gasteiger charge is 2.19. The van der Waals surface area contributed by atoms with Crippen molar-refractivity contribution in [1.82, 2.24) is 9.55 Å². The first-order valence-electron chi connectivity index (χ1n) is 11.0. The predicted octanol–water partition coefficient (Wildman–Crippen LogP) is 8.91. The number of pyridine rings is 1. The van der Waals surface area contributed by atoms with Crippen LogP contribution in [0.15, 0.2) is 97.2 Å². The van der Waals surface area contributed by atoms with Crippen LogP contribution in [0.25, 0.3) is 68.0 Å². The summed E-state index contributed by atoms with van der Waals surface area (Å²) in [5, 5.41) is 7.83. The summed E-state index contributed by atoms with van der Waals surface area (Å²) in [6, 6.07) is 33.1. The number of hydrogen-bond acceptors (Lipinski definition) is 3. The van der Waals surface area contributed by atoms with E-state index in [1.165, 1.54) is 63.1 Å². The zero-order chi connectivity index (χ0) is 21.5. The molecule has 0 bridgehead atoms. The van der Waals surface area contributed by atoms with Gasteiger partial charge in [0.2, 0.25) is 0 Å². The van der Waals surface area contributed by atoms with Crippen LogP contribution in [-0.4, -0.2) is 9.55 Å². The van der Waals surface area contributed by atoms with Gasteiger partial charge in [-0.1, -0.05) is 48.5 Å². The Balaban J connectivity index is 1.61. The van der Waals surface area contributed by atoms with E-state index < -0.39 is 0 Å². The molecule has 0 aliphatic heterocycles. The third kappa shape index (κ3) is 2.29. The lowest BCUT2D eigenvalue weighted by Crippen LogP contribution is -1.93. The Kier molecular flexibility index (Phi) is 3.45. The van der Waals surface area contributed by atoms with Gasteiger partial charge in [-0.25, -0.2) is 4.98 Å². The first kappa shape index (κ1) is 17.8. The van der Waals surface area contributed by atoms with Crippen molar-refractivity contribution in [1.29, 1.82) is 0 Å². The van der Waals surface area contributed by atoms with Gasteiger partial charge in [0.05, 0.1) is 21.4 Å². The van der Waals surface area contributed by atoms with Gasteiger partial charge >= 0.3 is 0 Å². The van der Waals surface area contributed by atoms with Crippen molar-refractivity contribution in [2.75, 3.05) is 0 Å². The van der Waals surface area contributed by atoms with E-state index in [4.69, 9.17) is 0 Å². The molecule has 4 heteroatoms. The van der Waals surface area contributed by atoms with Crippen LogP contribution in [0.2, 0.25) is 0 Å². The zero-order valence-electron chi connectivity index (χ0n) is 17.4. The summed E-state index contributed by atoms with van der Waals surface area (Å²) < 4.78 is 6.41. The number of nitrogens with zero attached hydrogens (tertiary/aromatic N) is 2. The van der Waals surface area contributed by atoms with Crippen LogP contribution in [0.3, 0.4) is 0 Å². The normalized spacial score (nSPS) is 12.2. The highest BCUT2D eigenvalue weighted by Crippen LogP contribution is 2.44. The predicted molar refractivity (Wildman–Crippen MR) is 144 cm³/mol. The standard InChI is InChI=1S/C29H16N2S2/c1-3-11-21-19(8-1)26-22(14-15-25-27(26)20-10-6-16-30-29(20)33-25)31(21)23-12-5-9-18-17-7-2-4-13-24(17)32-28(18)23/h1-16H. The molecule has 0 fully saturated rings. The minimum Gasteiger partial charge on any atom is -0.308 e. The molecule has 4 heterocycles. The highest BCUT2D eigenvalue weighted by molar-refractivity contribution is 7.26. The van der Waals surface area contributed by atoms with Crippen molar-refractivity contribution in [2.45, 2.75) is 0 Å². The molecule has 0 N–H and O–H groups in total. The third-order valence-corrected chi connectivity index (χ3v) is 8.96. The average molecular weight is 457 g/mol. The molecule has 0 saturated heterocycles. The largest absolute Gasteiger partial charge is 0.308 e. The summed E-state index contributed by atoms with van der Waals surface area (Å²) in [7, 11) is 0. The zero-order valence-corrected chi connectivity index (χ0v) is 19.1. The number of hydrogen-bond donors (Lipinski definition) is 0. The molecule has 33 heavy (non-hydrogen) atoms. The molecular weight excluding hydrogens is 440 g/mol. The molecular formula is C29H16N2S2.